The second-order valence-corrected chi connectivity index (χ2v) is 5.10. The van der Waals surface area contributed by atoms with E-state index in [0.29, 0.717) is 11.6 Å². The monoisotopic (exact) mass is 267 g/mol. The number of aromatic nitrogens is 1. The molecule has 0 aliphatic heterocycles. The first-order valence-electron chi connectivity index (χ1n) is 7.11. The van der Waals surface area contributed by atoms with E-state index in [2.05, 4.69) is 48.3 Å². The minimum absolute atomic E-state index is 0.386. The fourth-order valence-electron chi connectivity index (χ4n) is 2.19. The third-order valence-electron chi connectivity index (χ3n) is 3.42. The molecule has 2 rings (SSSR count). The van der Waals surface area contributed by atoms with Gasteiger partial charge in [-0.1, -0.05) is 19.1 Å². The average Bonchev–Trinajstić information content (AvgIpc) is 2.94. The van der Waals surface area contributed by atoms with Gasteiger partial charge in [-0.2, -0.15) is 5.26 Å². The average molecular weight is 267 g/mol. The maximum Gasteiger partial charge on any atom is 0.0991 e. The van der Waals surface area contributed by atoms with Gasteiger partial charge in [0.15, 0.2) is 0 Å². The molecule has 0 saturated carbocycles. The Hall–Kier alpha value is -2.05. The van der Waals surface area contributed by atoms with Gasteiger partial charge < -0.3 is 9.88 Å². The molecule has 0 spiro atoms. The number of rotatable bonds is 6. The number of benzene rings is 1. The van der Waals surface area contributed by atoms with Crippen molar-refractivity contribution in [2.75, 3.05) is 6.54 Å². The molecule has 1 aromatic heterocycles. The molecule has 1 heterocycles. The van der Waals surface area contributed by atoms with Crippen molar-refractivity contribution >= 4 is 0 Å². The first kappa shape index (κ1) is 14.4. The van der Waals surface area contributed by atoms with Crippen LogP contribution in [0.25, 0.3) is 0 Å². The number of nitrogens with zero attached hydrogens (tertiary/aromatic N) is 2. The van der Waals surface area contributed by atoms with Crippen molar-refractivity contribution in [3.63, 3.8) is 0 Å². The Kier molecular flexibility index (Phi) is 4.97. The normalized spacial score (nSPS) is 12.1. The van der Waals surface area contributed by atoms with E-state index >= 15 is 0 Å². The SMILES string of the molecule is CCCNC(C)c1ccn(Cc2ccc(C#N)cc2)c1. The number of nitriles is 1. The minimum Gasteiger partial charge on any atom is -0.350 e. The van der Waals surface area contributed by atoms with E-state index in [9.17, 15) is 0 Å². The van der Waals surface area contributed by atoms with Crippen molar-refractivity contribution < 1.29 is 0 Å². The zero-order valence-corrected chi connectivity index (χ0v) is 12.1. The molecule has 0 fully saturated rings. The summed E-state index contributed by atoms with van der Waals surface area (Å²) in [5.74, 6) is 0. The minimum atomic E-state index is 0.386. The Morgan fingerprint density at radius 2 is 2.00 bits per heavy atom. The lowest BCUT2D eigenvalue weighted by molar-refractivity contribution is 0.569. The topological polar surface area (TPSA) is 40.8 Å². The van der Waals surface area contributed by atoms with E-state index in [0.717, 1.165) is 19.5 Å². The van der Waals surface area contributed by atoms with E-state index in [1.165, 1.54) is 11.1 Å². The van der Waals surface area contributed by atoms with Gasteiger partial charge in [0.1, 0.15) is 0 Å². The van der Waals surface area contributed by atoms with Crippen LogP contribution in [0.4, 0.5) is 0 Å². The van der Waals surface area contributed by atoms with Crippen molar-refractivity contribution in [1.29, 1.82) is 5.26 Å². The van der Waals surface area contributed by atoms with Gasteiger partial charge >= 0.3 is 0 Å². The van der Waals surface area contributed by atoms with E-state index in [-0.39, 0.29) is 0 Å². The fourth-order valence-corrected chi connectivity index (χ4v) is 2.19. The molecule has 0 bridgehead atoms. The molecule has 104 valence electrons. The highest BCUT2D eigenvalue weighted by molar-refractivity contribution is 5.31. The van der Waals surface area contributed by atoms with Crippen molar-refractivity contribution in [2.45, 2.75) is 32.9 Å². The zero-order chi connectivity index (χ0) is 14.4. The maximum absolute atomic E-state index is 8.79. The summed E-state index contributed by atoms with van der Waals surface area (Å²) in [6.07, 6.45) is 5.44. The van der Waals surface area contributed by atoms with E-state index in [1.54, 1.807) is 0 Å². The van der Waals surface area contributed by atoms with Crippen LogP contribution >= 0.6 is 0 Å². The summed E-state index contributed by atoms with van der Waals surface area (Å²) in [5, 5.41) is 12.3. The smallest absolute Gasteiger partial charge is 0.0991 e. The zero-order valence-electron chi connectivity index (χ0n) is 12.1. The molecule has 0 aliphatic rings. The molecule has 1 N–H and O–H groups in total. The lowest BCUT2D eigenvalue weighted by Crippen LogP contribution is -2.18. The summed E-state index contributed by atoms with van der Waals surface area (Å²) >= 11 is 0. The predicted molar refractivity (Wildman–Crippen MR) is 81.4 cm³/mol. The molecule has 2 aromatic rings. The second kappa shape index (κ2) is 6.93. The molecule has 20 heavy (non-hydrogen) atoms. The quantitative estimate of drug-likeness (QED) is 0.870. The van der Waals surface area contributed by atoms with Crippen molar-refractivity contribution in [1.82, 2.24) is 9.88 Å². The van der Waals surface area contributed by atoms with Crippen LogP contribution in [-0.4, -0.2) is 11.1 Å². The molecular weight excluding hydrogens is 246 g/mol. The number of hydrogen-bond donors (Lipinski definition) is 1. The lowest BCUT2D eigenvalue weighted by atomic mass is 10.1. The molecule has 0 amide bonds. The summed E-state index contributed by atoms with van der Waals surface area (Å²) in [5.41, 5.74) is 3.23. The third kappa shape index (κ3) is 3.72. The van der Waals surface area contributed by atoms with Gasteiger partial charge in [0, 0.05) is 25.0 Å². The Balaban J connectivity index is 2.00. The molecule has 3 heteroatoms. The van der Waals surface area contributed by atoms with Crippen LogP contribution in [0.2, 0.25) is 0 Å². The summed E-state index contributed by atoms with van der Waals surface area (Å²) < 4.78 is 2.18. The van der Waals surface area contributed by atoms with Crippen molar-refractivity contribution in [3.05, 3.63) is 59.4 Å². The first-order chi connectivity index (χ1) is 9.72. The van der Waals surface area contributed by atoms with E-state index in [1.807, 2.05) is 24.3 Å². The second-order valence-electron chi connectivity index (χ2n) is 5.10. The largest absolute Gasteiger partial charge is 0.350 e. The van der Waals surface area contributed by atoms with Crippen LogP contribution in [0.5, 0.6) is 0 Å². The van der Waals surface area contributed by atoms with Crippen molar-refractivity contribution in [2.24, 2.45) is 0 Å². The van der Waals surface area contributed by atoms with Crippen LogP contribution in [0.15, 0.2) is 42.7 Å². The third-order valence-corrected chi connectivity index (χ3v) is 3.42. The molecule has 3 nitrogen and oxygen atoms in total. The summed E-state index contributed by atoms with van der Waals surface area (Å²) in [7, 11) is 0. The Morgan fingerprint density at radius 1 is 1.25 bits per heavy atom. The van der Waals surface area contributed by atoms with Gasteiger partial charge in [0.2, 0.25) is 0 Å². The van der Waals surface area contributed by atoms with Crippen LogP contribution < -0.4 is 5.32 Å². The highest BCUT2D eigenvalue weighted by Gasteiger charge is 2.06. The predicted octanol–water partition coefficient (Wildman–Crippen LogP) is 3.47. The summed E-state index contributed by atoms with van der Waals surface area (Å²) in [6, 6.07) is 12.4. The molecular formula is C17H21N3. The van der Waals surface area contributed by atoms with Gasteiger partial charge in [-0.05, 0) is 49.2 Å². The van der Waals surface area contributed by atoms with Crippen LogP contribution in [-0.2, 0) is 6.54 Å². The number of hydrogen-bond acceptors (Lipinski definition) is 2. The van der Waals surface area contributed by atoms with E-state index in [4.69, 9.17) is 5.26 Å². The fraction of sp³-hybridized carbons (Fsp3) is 0.353. The Bertz CT molecular complexity index is 575. The van der Waals surface area contributed by atoms with Crippen molar-refractivity contribution in [3.8, 4) is 6.07 Å². The molecule has 1 unspecified atom stereocenters. The van der Waals surface area contributed by atoms with Crippen LogP contribution in [0.3, 0.4) is 0 Å². The van der Waals surface area contributed by atoms with E-state index < -0.39 is 0 Å². The molecule has 1 atom stereocenters. The molecule has 1 aromatic carbocycles. The van der Waals surface area contributed by atoms with Crippen LogP contribution in [0.1, 0.15) is 43.0 Å². The molecule has 0 radical (unpaired) electrons. The lowest BCUT2D eigenvalue weighted by Gasteiger charge is -2.11. The standard InChI is InChI=1S/C17H21N3/c1-3-9-19-14(2)17-8-10-20(13-17)12-16-6-4-15(11-18)5-7-16/h4-8,10,13-14,19H,3,9,12H2,1-2H3. The Labute approximate surface area is 120 Å². The number of nitrogens with one attached hydrogen (secondary N) is 1. The maximum atomic E-state index is 8.79. The summed E-state index contributed by atoms with van der Waals surface area (Å²) in [6.45, 7) is 6.25. The van der Waals surface area contributed by atoms with Gasteiger partial charge in [0.05, 0.1) is 11.6 Å². The van der Waals surface area contributed by atoms with Gasteiger partial charge in [-0.3, -0.25) is 0 Å². The highest BCUT2D eigenvalue weighted by atomic mass is 15.0. The molecule has 0 aliphatic carbocycles. The molecule has 0 saturated heterocycles. The highest BCUT2D eigenvalue weighted by Crippen LogP contribution is 2.14. The van der Waals surface area contributed by atoms with Gasteiger partial charge in [-0.15, -0.1) is 0 Å². The summed E-state index contributed by atoms with van der Waals surface area (Å²) in [4.78, 5) is 0. The Morgan fingerprint density at radius 3 is 2.65 bits per heavy atom. The van der Waals surface area contributed by atoms with Crippen LogP contribution in [0, 0.1) is 11.3 Å². The van der Waals surface area contributed by atoms with Gasteiger partial charge in [-0.25, -0.2) is 0 Å². The van der Waals surface area contributed by atoms with Gasteiger partial charge in [0.25, 0.3) is 0 Å². The first-order valence-corrected chi connectivity index (χ1v) is 7.11.